The largest absolute Gasteiger partial charge is 0.368 e. The molecule has 2 aromatic rings. The Hall–Kier alpha value is -1.53. The molecule has 1 amide bonds. The van der Waals surface area contributed by atoms with Gasteiger partial charge in [0.05, 0.1) is 16.6 Å². The van der Waals surface area contributed by atoms with Crippen LogP contribution in [0.3, 0.4) is 0 Å². The highest BCUT2D eigenvalue weighted by molar-refractivity contribution is 7.99. The topological polar surface area (TPSA) is 83.8 Å². The second kappa shape index (κ2) is 5.10. The summed E-state index contributed by atoms with van der Waals surface area (Å²) >= 11 is 1.70. The fourth-order valence-electron chi connectivity index (χ4n) is 2.82. The Bertz CT molecular complexity index is 608. The van der Waals surface area contributed by atoms with Crippen molar-refractivity contribution >= 4 is 28.7 Å². The number of nitrogens with two attached hydrogens (primary N) is 1. The molecule has 4 N–H and O–H groups in total. The summed E-state index contributed by atoms with van der Waals surface area (Å²) in [5, 5.41) is 4.37. The number of carbonyl (C=O) groups excluding carboxylic acids is 1. The van der Waals surface area contributed by atoms with Crippen molar-refractivity contribution in [2.75, 3.05) is 7.05 Å². The van der Waals surface area contributed by atoms with Crippen LogP contribution < -0.4 is 11.1 Å². The first-order valence-electron chi connectivity index (χ1n) is 6.73. The third-order valence-electron chi connectivity index (χ3n) is 4.07. The minimum atomic E-state index is -0.552. The maximum Gasteiger partial charge on any atom is 0.237 e. The Morgan fingerprint density at radius 1 is 1.55 bits per heavy atom. The van der Waals surface area contributed by atoms with Crippen LogP contribution in [0.5, 0.6) is 0 Å². The molecule has 20 heavy (non-hydrogen) atoms. The number of likely N-dealkylation sites (N-methyl/N-ethyl adjacent to an activating group) is 1. The number of amides is 1. The van der Waals surface area contributed by atoms with Gasteiger partial charge in [-0.3, -0.25) is 4.79 Å². The van der Waals surface area contributed by atoms with Crippen molar-refractivity contribution < 1.29 is 4.79 Å². The standard InChI is InChI=1S/C14H18N4OS/c1-16-14(12(15)19)7-6-9(8-14)20-13-17-10-4-2-3-5-11(10)18-13/h2-5,9,16H,6-8H2,1H3,(H2,15,19)(H,17,18). The number of rotatable bonds is 4. The van der Waals surface area contributed by atoms with Crippen molar-refractivity contribution in [1.82, 2.24) is 15.3 Å². The van der Waals surface area contributed by atoms with Gasteiger partial charge in [0, 0.05) is 5.25 Å². The van der Waals surface area contributed by atoms with Gasteiger partial charge in [0.25, 0.3) is 0 Å². The van der Waals surface area contributed by atoms with Gasteiger partial charge >= 0.3 is 0 Å². The van der Waals surface area contributed by atoms with Gasteiger partial charge in [-0.2, -0.15) is 0 Å². The molecule has 1 fully saturated rings. The number of hydrogen-bond donors (Lipinski definition) is 3. The quantitative estimate of drug-likeness (QED) is 0.799. The van der Waals surface area contributed by atoms with Crippen molar-refractivity contribution in [3.05, 3.63) is 24.3 Å². The minimum Gasteiger partial charge on any atom is -0.368 e. The highest BCUT2D eigenvalue weighted by Crippen LogP contribution is 2.39. The lowest BCUT2D eigenvalue weighted by molar-refractivity contribution is -0.124. The number of nitrogens with zero attached hydrogens (tertiary/aromatic N) is 1. The Morgan fingerprint density at radius 2 is 2.35 bits per heavy atom. The van der Waals surface area contributed by atoms with Crippen molar-refractivity contribution in [1.29, 1.82) is 0 Å². The first-order valence-corrected chi connectivity index (χ1v) is 7.61. The lowest BCUT2D eigenvalue weighted by atomic mass is 9.97. The first kappa shape index (κ1) is 13.5. The van der Waals surface area contributed by atoms with E-state index < -0.39 is 5.54 Å². The predicted molar refractivity (Wildman–Crippen MR) is 80.6 cm³/mol. The molecular formula is C14H18N4OS. The van der Waals surface area contributed by atoms with Crippen molar-refractivity contribution in [2.24, 2.45) is 5.73 Å². The molecule has 5 nitrogen and oxygen atoms in total. The number of aromatic nitrogens is 2. The number of fused-ring (bicyclic) bond motifs is 1. The molecule has 1 heterocycles. The average molecular weight is 290 g/mol. The molecule has 3 rings (SSSR count). The molecule has 2 unspecified atom stereocenters. The zero-order valence-electron chi connectivity index (χ0n) is 11.3. The van der Waals surface area contributed by atoms with E-state index >= 15 is 0 Å². The first-order chi connectivity index (χ1) is 9.63. The van der Waals surface area contributed by atoms with Crippen molar-refractivity contribution in [3.8, 4) is 0 Å². The fraction of sp³-hybridized carbons (Fsp3) is 0.429. The number of hydrogen-bond acceptors (Lipinski definition) is 4. The molecule has 0 spiro atoms. The van der Waals surface area contributed by atoms with E-state index in [1.807, 2.05) is 24.3 Å². The Morgan fingerprint density at radius 3 is 3.00 bits per heavy atom. The average Bonchev–Trinajstić information content (AvgIpc) is 3.03. The summed E-state index contributed by atoms with van der Waals surface area (Å²) in [6.07, 6.45) is 2.50. The van der Waals surface area contributed by atoms with Gasteiger partial charge in [0.1, 0.15) is 0 Å². The second-order valence-corrected chi connectivity index (χ2v) is 6.53. The van der Waals surface area contributed by atoms with Crippen LogP contribution >= 0.6 is 11.8 Å². The highest BCUT2D eigenvalue weighted by atomic mass is 32.2. The fourth-order valence-corrected chi connectivity index (χ4v) is 4.06. The van der Waals surface area contributed by atoms with Gasteiger partial charge in [-0.25, -0.2) is 4.98 Å². The number of primary amides is 1. The van der Waals surface area contributed by atoms with E-state index in [1.54, 1.807) is 18.8 Å². The molecule has 1 aliphatic rings. The van der Waals surface area contributed by atoms with Crippen LogP contribution in [0.2, 0.25) is 0 Å². The molecule has 1 aromatic heterocycles. The third kappa shape index (κ3) is 2.29. The maximum absolute atomic E-state index is 11.6. The van der Waals surface area contributed by atoms with E-state index in [1.165, 1.54) is 0 Å². The molecule has 1 saturated carbocycles. The van der Waals surface area contributed by atoms with Crippen molar-refractivity contribution in [2.45, 2.75) is 35.2 Å². The lowest BCUT2D eigenvalue weighted by Crippen LogP contribution is -2.52. The van der Waals surface area contributed by atoms with Crippen LogP contribution in [0, 0.1) is 0 Å². The molecule has 6 heteroatoms. The van der Waals surface area contributed by atoms with Crippen LogP contribution in [0.15, 0.2) is 29.4 Å². The molecule has 2 atom stereocenters. The van der Waals surface area contributed by atoms with E-state index in [2.05, 4.69) is 15.3 Å². The highest BCUT2D eigenvalue weighted by Gasteiger charge is 2.43. The molecule has 1 aromatic carbocycles. The number of nitrogens with one attached hydrogen (secondary N) is 2. The normalized spacial score (nSPS) is 26.1. The molecule has 1 aliphatic carbocycles. The van der Waals surface area contributed by atoms with E-state index in [9.17, 15) is 4.79 Å². The van der Waals surface area contributed by atoms with Crippen LogP contribution in [-0.4, -0.2) is 33.7 Å². The molecule has 0 aliphatic heterocycles. The maximum atomic E-state index is 11.6. The van der Waals surface area contributed by atoms with E-state index in [-0.39, 0.29) is 5.91 Å². The number of thioether (sulfide) groups is 1. The number of imidazole rings is 1. The van der Waals surface area contributed by atoms with Gasteiger partial charge in [-0.05, 0) is 38.4 Å². The smallest absolute Gasteiger partial charge is 0.237 e. The van der Waals surface area contributed by atoms with Crippen LogP contribution in [0.4, 0.5) is 0 Å². The monoisotopic (exact) mass is 290 g/mol. The summed E-state index contributed by atoms with van der Waals surface area (Å²) < 4.78 is 0. The molecular weight excluding hydrogens is 272 g/mol. The number of carbonyl (C=O) groups is 1. The lowest BCUT2D eigenvalue weighted by Gasteiger charge is -2.24. The SMILES string of the molecule is CNC1(C(N)=O)CCC(Sc2nc3ccccc3[nH]2)C1. The summed E-state index contributed by atoms with van der Waals surface area (Å²) in [5.74, 6) is -0.257. The summed E-state index contributed by atoms with van der Waals surface area (Å²) in [6.45, 7) is 0. The molecule has 0 bridgehead atoms. The van der Waals surface area contributed by atoms with Gasteiger partial charge in [0.2, 0.25) is 5.91 Å². The predicted octanol–water partition coefficient (Wildman–Crippen LogP) is 1.65. The van der Waals surface area contributed by atoms with Gasteiger partial charge in [0.15, 0.2) is 5.16 Å². The zero-order chi connectivity index (χ0) is 14.2. The number of aromatic amines is 1. The zero-order valence-corrected chi connectivity index (χ0v) is 12.2. The summed E-state index contributed by atoms with van der Waals surface area (Å²) in [7, 11) is 1.80. The van der Waals surface area contributed by atoms with Crippen LogP contribution in [-0.2, 0) is 4.79 Å². The number of para-hydroxylation sites is 2. The summed E-state index contributed by atoms with van der Waals surface area (Å²) in [6, 6.07) is 7.98. The Kier molecular flexibility index (Phi) is 3.43. The Labute approximate surface area is 121 Å². The van der Waals surface area contributed by atoms with Crippen LogP contribution in [0.25, 0.3) is 11.0 Å². The number of H-pyrrole nitrogens is 1. The Balaban J connectivity index is 1.74. The van der Waals surface area contributed by atoms with Gasteiger partial charge < -0.3 is 16.0 Å². The third-order valence-corrected chi connectivity index (χ3v) is 5.22. The minimum absolute atomic E-state index is 0.257. The van der Waals surface area contributed by atoms with Crippen molar-refractivity contribution in [3.63, 3.8) is 0 Å². The number of benzene rings is 1. The molecule has 0 saturated heterocycles. The van der Waals surface area contributed by atoms with Gasteiger partial charge in [-0.15, -0.1) is 0 Å². The second-order valence-electron chi connectivity index (χ2n) is 5.24. The van der Waals surface area contributed by atoms with E-state index in [4.69, 9.17) is 5.73 Å². The summed E-state index contributed by atoms with van der Waals surface area (Å²) in [5.41, 5.74) is 6.99. The van der Waals surface area contributed by atoms with Gasteiger partial charge in [-0.1, -0.05) is 23.9 Å². The van der Waals surface area contributed by atoms with E-state index in [0.29, 0.717) is 5.25 Å². The van der Waals surface area contributed by atoms with Crippen LogP contribution in [0.1, 0.15) is 19.3 Å². The molecule has 106 valence electrons. The van der Waals surface area contributed by atoms with E-state index in [0.717, 1.165) is 35.5 Å². The molecule has 0 radical (unpaired) electrons. The summed E-state index contributed by atoms with van der Waals surface area (Å²) in [4.78, 5) is 19.5.